The van der Waals surface area contributed by atoms with E-state index >= 15 is 0 Å². The van der Waals surface area contributed by atoms with Crippen molar-refractivity contribution >= 4 is 5.52 Å². The summed E-state index contributed by atoms with van der Waals surface area (Å²) < 4.78 is 7.01. The molecule has 0 unspecified atom stereocenters. The Bertz CT molecular complexity index is 1160. The van der Waals surface area contributed by atoms with Crippen molar-refractivity contribution in [1.29, 1.82) is 0 Å². The number of aromatic nitrogens is 5. The Hall–Kier alpha value is -3.36. The maximum Gasteiger partial charge on any atom is 0.212 e. The van der Waals surface area contributed by atoms with Crippen molar-refractivity contribution in [3.05, 3.63) is 72.4 Å². The van der Waals surface area contributed by atoms with Gasteiger partial charge in [0.1, 0.15) is 5.69 Å². The normalized spacial score (nSPS) is 17.8. The number of piperazine rings is 1. The molecule has 0 aromatic carbocycles. The molecule has 0 radical (unpaired) electrons. The minimum Gasteiger partial charge on any atom is -0.481 e. The lowest BCUT2D eigenvalue weighted by Gasteiger charge is -2.38. The molecule has 5 rings (SSSR count). The molecule has 158 valence electrons. The number of fused-ring (bicyclic) bond motifs is 1. The molecule has 0 saturated carbocycles. The third kappa shape index (κ3) is 3.99. The Morgan fingerprint density at radius 3 is 2.71 bits per heavy atom. The Morgan fingerprint density at radius 2 is 1.94 bits per heavy atom. The molecule has 4 aromatic heterocycles. The van der Waals surface area contributed by atoms with E-state index < -0.39 is 0 Å². The van der Waals surface area contributed by atoms with Gasteiger partial charge < -0.3 is 4.74 Å². The molecular formula is C23H25N7O. The van der Waals surface area contributed by atoms with Gasteiger partial charge in [-0.2, -0.15) is 0 Å². The third-order valence-electron chi connectivity index (χ3n) is 5.88. The van der Waals surface area contributed by atoms with Gasteiger partial charge in [-0.1, -0.05) is 17.3 Å². The van der Waals surface area contributed by atoms with Gasteiger partial charge in [-0.25, -0.2) is 9.50 Å². The molecule has 8 heteroatoms. The molecular weight excluding hydrogens is 390 g/mol. The second-order valence-electron chi connectivity index (χ2n) is 7.86. The Labute approximate surface area is 181 Å². The molecule has 1 aliphatic rings. The fraction of sp³-hybridized carbons (Fsp3) is 0.304. The van der Waals surface area contributed by atoms with Gasteiger partial charge in [0.15, 0.2) is 0 Å². The summed E-state index contributed by atoms with van der Waals surface area (Å²) in [6.07, 6.45) is 5.66. The van der Waals surface area contributed by atoms with Gasteiger partial charge in [-0.15, -0.1) is 5.10 Å². The van der Waals surface area contributed by atoms with E-state index in [0.29, 0.717) is 5.88 Å². The summed E-state index contributed by atoms with van der Waals surface area (Å²) in [6, 6.07) is 14.3. The van der Waals surface area contributed by atoms with Crippen molar-refractivity contribution in [3.63, 3.8) is 0 Å². The number of nitrogens with zero attached hydrogens (tertiary/aromatic N) is 7. The number of hydrogen-bond donors (Lipinski definition) is 0. The van der Waals surface area contributed by atoms with Crippen molar-refractivity contribution < 1.29 is 4.74 Å². The molecule has 5 heterocycles. The summed E-state index contributed by atoms with van der Waals surface area (Å²) in [5.74, 6) is 0.600. The fourth-order valence-corrected chi connectivity index (χ4v) is 4.08. The molecule has 0 spiro atoms. The van der Waals surface area contributed by atoms with Crippen LogP contribution < -0.4 is 4.74 Å². The van der Waals surface area contributed by atoms with Crippen LogP contribution in [0.5, 0.6) is 5.88 Å². The first-order chi connectivity index (χ1) is 15.2. The lowest BCUT2D eigenvalue weighted by atomic mass is 10.1. The van der Waals surface area contributed by atoms with Crippen LogP contribution in [0, 0.1) is 0 Å². The minimum absolute atomic E-state index is 0.184. The summed E-state index contributed by atoms with van der Waals surface area (Å²) in [6.45, 7) is 3.73. The predicted molar refractivity (Wildman–Crippen MR) is 118 cm³/mol. The number of methoxy groups -OCH3 is 1. The van der Waals surface area contributed by atoms with Crippen LogP contribution in [-0.2, 0) is 6.54 Å². The van der Waals surface area contributed by atoms with Gasteiger partial charge in [-0.3, -0.25) is 14.8 Å². The van der Waals surface area contributed by atoms with Crippen LogP contribution in [0.25, 0.3) is 16.6 Å². The first-order valence-electron chi connectivity index (χ1n) is 10.4. The van der Waals surface area contributed by atoms with Crippen LogP contribution in [-0.4, -0.2) is 68.4 Å². The van der Waals surface area contributed by atoms with Gasteiger partial charge in [0.05, 0.1) is 24.4 Å². The number of pyridine rings is 3. The minimum atomic E-state index is 0.184. The van der Waals surface area contributed by atoms with Gasteiger partial charge in [0, 0.05) is 62.0 Å². The largest absolute Gasteiger partial charge is 0.481 e. The van der Waals surface area contributed by atoms with E-state index in [1.165, 1.54) is 0 Å². The van der Waals surface area contributed by atoms with E-state index in [9.17, 15) is 0 Å². The molecule has 0 bridgehead atoms. The molecule has 0 amide bonds. The van der Waals surface area contributed by atoms with Crippen LogP contribution in [0.1, 0.15) is 17.4 Å². The second kappa shape index (κ2) is 8.41. The highest BCUT2D eigenvalue weighted by Crippen LogP contribution is 2.28. The van der Waals surface area contributed by atoms with Crippen molar-refractivity contribution in [1.82, 2.24) is 34.6 Å². The molecule has 0 N–H and O–H groups in total. The predicted octanol–water partition coefficient (Wildman–Crippen LogP) is 2.68. The van der Waals surface area contributed by atoms with E-state index in [0.717, 1.165) is 54.2 Å². The standard InChI is InChI=1S/C23H25N7O/c1-28-11-12-29(15-19-5-3-4-10-24-19)16-21(28)23-20-8-6-18(14-30(20)27-26-23)17-7-9-22(31-2)25-13-17/h3-10,13-14,21H,11-12,15-16H2,1-2H3/t21-/m0/s1. The number of rotatable bonds is 5. The molecule has 1 fully saturated rings. The molecule has 1 saturated heterocycles. The van der Waals surface area contributed by atoms with E-state index in [-0.39, 0.29) is 6.04 Å². The Balaban J connectivity index is 1.39. The highest BCUT2D eigenvalue weighted by Gasteiger charge is 2.29. The molecule has 4 aromatic rings. The molecule has 8 nitrogen and oxygen atoms in total. The zero-order valence-corrected chi connectivity index (χ0v) is 17.7. The van der Waals surface area contributed by atoms with Crippen molar-refractivity contribution in [2.75, 3.05) is 33.8 Å². The van der Waals surface area contributed by atoms with E-state index in [2.05, 4.69) is 55.3 Å². The summed E-state index contributed by atoms with van der Waals surface area (Å²) in [7, 11) is 3.77. The average molecular weight is 416 g/mol. The van der Waals surface area contributed by atoms with Crippen LogP contribution in [0.15, 0.2) is 61.1 Å². The third-order valence-corrected chi connectivity index (χ3v) is 5.88. The lowest BCUT2D eigenvalue weighted by molar-refractivity contribution is 0.0881. The average Bonchev–Trinajstić information content (AvgIpc) is 3.24. The Morgan fingerprint density at radius 1 is 1.03 bits per heavy atom. The topological polar surface area (TPSA) is 71.7 Å². The van der Waals surface area contributed by atoms with Gasteiger partial charge in [0.2, 0.25) is 5.88 Å². The summed E-state index contributed by atoms with van der Waals surface area (Å²) >= 11 is 0. The Kier molecular flexibility index (Phi) is 5.31. The maximum atomic E-state index is 5.15. The highest BCUT2D eigenvalue weighted by atomic mass is 16.5. The SMILES string of the molecule is COc1ccc(-c2ccc3c([C@@H]4CN(Cc5ccccn5)CCN4C)nnn3c2)cn1. The van der Waals surface area contributed by atoms with Crippen molar-refractivity contribution in [2.45, 2.75) is 12.6 Å². The molecule has 31 heavy (non-hydrogen) atoms. The lowest BCUT2D eigenvalue weighted by Crippen LogP contribution is -2.46. The van der Waals surface area contributed by atoms with Gasteiger partial charge in [0.25, 0.3) is 0 Å². The zero-order valence-electron chi connectivity index (χ0n) is 17.7. The van der Waals surface area contributed by atoms with Gasteiger partial charge in [-0.05, 0) is 31.3 Å². The van der Waals surface area contributed by atoms with Crippen LogP contribution in [0.2, 0.25) is 0 Å². The zero-order chi connectivity index (χ0) is 21.2. The van der Waals surface area contributed by atoms with Crippen molar-refractivity contribution in [2.24, 2.45) is 0 Å². The highest BCUT2D eigenvalue weighted by molar-refractivity contribution is 5.66. The molecule has 1 atom stereocenters. The molecule has 1 aliphatic heterocycles. The molecule has 0 aliphatic carbocycles. The first kappa shape index (κ1) is 19.6. The van der Waals surface area contributed by atoms with Crippen LogP contribution in [0.3, 0.4) is 0 Å². The van der Waals surface area contributed by atoms with E-state index in [1.807, 2.05) is 47.4 Å². The summed E-state index contributed by atoms with van der Waals surface area (Å²) in [5, 5.41) is 8.99. The number of hydrogen-bond acceptors (Lipinski definition) is 7. The number of likely N-dealkylation sites (N-methyl/N-ethyl adjacent to an activating group) is 1. The smallest absolute Gasteiger partial charge is 0.212 e. The van der Waals surface area contributed by atoms with Crippen LogP contribution >= 0.6 is 0 Å². The first-order valence-corrected chi connectivity index (χ1v) is 10.4. The fourth-order valence-electron chi connectivity index (χ4n) is 4.08. The maximum absolute atomic E-state index is 5.15. The summed E-state index contributed by atoms with van der Waals surface area (Å²) in [4.78, 5) is 13.6. The monoisotopic (exact) mass is 415 g/mol. The van der Waals surface area contributed by atoms with Gasteiger partial charge >= 0.3 is 0 Å². The summed E-state index contributed by atoms with van der Waals surface area (Å²) in [5.41, 5.74) is 5.18. The van der Waals surface area contributed by atoms with E-state index in [4.69, 9.17) is 4.74 Å². The second-order valence-corrected chi connectivity index (χ2v) is 7.86. The van der Waals surface area contributed by atoms with Crippen molar-refractivity contribution in [3.8, 4) is 17.0 Å². The van der Waals surface area contributed by atoms with E-state index in [1.54, 1.807) is 7.11 Å². The van der Waals surface area contributed by atoms with Crippen LogP contribution in [0.4, 0.5) is 0 Å². The number of ether oxygens (including phenoxy) is 1. The quantitative estimate of drug-likeness (QED) is 0.496.